The molecular weight excluding hydrogens is 284 g/mol. The first kappa shape index (κ1) is 12.3. The van der Waals surface area contributed by atoms with E-state index in [4.69, 9.17) is 0 Å². The molecule has 2 rings (SSSR count). The highest BCUT2D eigenvalue weighted by Gasteiger charge is 2.23. The first-order valence-electron chi connectivity index (χ1n) is 5.27. The summed E-state index contributed by atoms with van der Waals surface area (Å²) in [5, 5.41) is 15.5. The van der Waals surface area contributed by atoms with Crippen LogP contribution in [0, 0.1) is 6.92 Å². The van der Waals surface area contributed by atoms with Crippen molar-refractivity contribution in [2.75, 3.05) is 7.05 Å². The predicted molar refractivity (Wildman–Crippen MR) is 67.6 cm³/mol. The third kappa shape index (κ3) is 2.00. The van der Waals surface area contributed by atoms with Crippen LogP contribution in [-0.4, -0.2) is 31.8 Å². The van der Waals surface area contributed by atoms with Crippen LogP contribution in [0.15, 0.2) is 10.8 Å². The topological polar surface area (TPSA) is 60.6 Å². The fraction of sp³-hybridized carbons (Fsp3) is 0.500. The molecule has 0 spiro atoms. The van der Waals surface area contributed by atoms with Gasteiger partial charge in [-0.05, 0) is 29.9 Å². The molecule has 0 aliphatic rings. The first-order chi connectivity index (χ1) is 8.06. The number of nitrogens with one attached hydrogen (secondary N) is 1. The summed E-state index contributed by atoms with van der Waals surface area (Å²) in [6.07, 6.45) is 1.87. The number of hydrogen-bond acceptors (Lipinski definition) is 4. The highest BCUT2D eigenvalue weighted by Crippen LogP contribution is 2.27. The Balaban J connectivity index is 2.51. The zero-order valence-corrected chi connectivity index (χ0v) is 11.9. The monoisotopic (exact) mass is 298 g/mol. The van der Waals surface area contributed by atoms with Crippen molar-refractivity contribution in [3.05, 3.63) is 27.8 Å². The van der Waals surface area contributed by atoms with Gasteiger partial charge in [0.2, 0.25) is 0 Å². The van der Waals surface area contributed by atoms with Gasteiger partial charge in [-0.3, -0.25) is 4.68 Å². The SMILES string of the molecule is CNC(c1cnn(C)c1C)c1c(Br)nnn1C. The van der Waals surface area contributed by atoms with Gasteiger partial charge in [-0.15, -0.1) is 5.10 Å². The Bertz CT molecular complexity index is 509. The van der Waals surface area contributed by atoms with Crippen LogP contribution >= 0.6 is 15.9 Å². The van der Waals surface area contributed by atoms with E-state index in [1.54, 1.807) is 4.68 Å². The summed E-state index contributed by atoms with van der Waals surface area (Å²) in [7, 11) is 5.72. The van der Waals surface area contributed by atoms with Crippen LogP contribution in [0.1, 0.15) is 23.0 Å². The van der Waals surface area contributed by atoms with E-state index in [1.165, 1.54) is 0 Å². The number of halogens is 1. The standard InChI is InChI=1S/C10H15BrN6/c1-6-7(5-13-16(6)3)8(12-2)9-10(11)14-15-17(9)4/h5,8,12H,1-4H3. The van der Waals surface area contributed by atoms with E-state index in [9.17, 15) is 0 Å². The molecule has 0 aromatic carbocycles. The van der Waals surface area contributed by atoms with Gasteiger partial charge in [-0.1, -0.05) is 5.21 Å². The van der Waals surface area contributed by atoms with Crippen molar-refractivity contribution in [3.8, 4) is 0 Å². The minimum absolute atomic E-state index is 0.0260. The summed E-state index contributed by atoms with van der Waals surface area (Å²) in [4.78, 5) is 0. The molecule has 0 aliphatic heterocycles. The third-order valence-corrected chi connectivity index (χ3v) is 3.54. The molecule has 0 fully saturated rings. The predicted octanol–water partition coefficient (Wildman–Crippen LogP) is 0.928. The molecule has 0 bridgehead atoms. The fourth-order valence-corrected chi connectivity index (χ4v) is 2.44. The van der Waals surface area contributed by atoms with Gasteiger partial charge in [-0.2, -0.15) is 5.10 Å². The summed E-state index contributed by atoms with van der Waals surface area (Å²) in [5.41, 5.74) is 3.24. The van der Waals surface area contributed by atoms with Crippen LogP contribution in [0.5, 0.6) is 0 Å². The molecule has 2 heterocycles. The van der Waals surface area contributed by atoms with Crippen molar-refractivity contribution < 1.29 is 0 Å². The molecule has 7 heteroatoms. The Morgan fingerprint density at radius 1 is 1.35 bits per heavy atom. The van der Waals surface area contributed by atoms with Crippen LogP contribution < -0.4 is 5.32 Å². The molecule has 1 atom stereocenters. The van der Waals surface area contributed by atoms with Crippen molar-refractivity contribution in [1.82, 2.24) is 30.1 Å². The second kappa shape index (κ2) is 4.58. The molecule has 0 aliphatic carbocycles. The Labute approximate surface area is 108 Å². The number of aryl methyl sites for hydroxylation is 2. The van der Waals surface area contributed by atoms with Crippen molar-refractivity contribution in [2.45, 2.75) is 13.0 Å². The lowest BCUT2D eigenvalue weighted by Gasteiger charge is -2.16. The van der Waals surface area contributed by atoms with Gasteiger partial charge in [0.15, 0.2) is 4.60 Å². The van der Waals surface area contributed by atoms with Crippen LogP contribution in [0.2, 0.25) is 0 Å². The molecule has 6 nitrogen and oxygen atoms in total. The van der Waals surface area contributed by atoms with Gasteiger partial charge >= 0.3 is 0 Å². The number of rotatable bonds is 3. The summed E-state index contributed by atoms with van der Waals surface area (Å²) in [5.74, 6) is 0. The van der Waals surface area contributed by atoms with Gasteiger partial charge < -0.3 is 5.32 Å². The normalized spacial score (nSPS) is 13.0. The zero-order valence-electron chi connectivity index (χ0n) is 10.3. The van der Waals surface area contributed by atoms with E-state index in [1.807, 2.05) is 38.9 Å². The average Bonchev–Trinajstić information content (AvgIpc) is 2.79. The molecule has 17 heavy (non-hydrogen) atoms. The van der Waals surface area contributed by atoms with Crippen molar-refractivity contribution >= 4 is 15.9 Å². The van der Waals surface area contributed by atoms with Gasteiger partial charge in [0.25, 0.3) is 0 Å². The second-order valence-electron chi connectivity index (χ2n) is 3.92. The molecule has 2 aromatic rings. The minimum atomic E-state index is 0.0260. The third-order valence-electron chi connectivity index (χ3n) is 2.97. The van der Waals surface area contributed by atoms with E-state index in [0.29, 0.717) is 0 Å². The number of nitrogens with zero attached hydrogens (tertiary/aromatic N) is 5. The number of aromatic nitrogens is 5. The van der Waals surface area contributed by atoms with Crippen LogP contribution in [0.3, 0.4) is 0 Å². The van der Waals surface area contributed by atoms with Crippen molar-refractivity contribution in [1.29, 1.82) is 0 Å². The van der Waals surface area contributed by atoms with E-state index < -0.39 is 0 Å². The zero-order chi connectivity index (χ0) is 12.6. The summed E-state index contributed by atoms with van der Waals surface area (Å²) < 4.78 is 4.37. The quantitative estimate of drug-likeness (QED) is 0.916. The first-order valence-corrected chi connectivity index (χ1v) is 6.06. The molecule has 0 saturated heterocycles. The van der Waals surface area contributed by atoms with E-state index in [-0.39, 0.29) is 6.04 Å². The Morgan fingerprint density at radius 3 is 2.47 bits per heavy atom. The molecule has 92 valence electrons. The van der Waals surface area contributed by atoms with Crippen LogP contribution in [0.4, 0.5) is 0 Å². The lowest BCUT2D eigenvalue weighted by Crippen LogP contribution is -2.21. The average molecular weight is 299 g/mol. The molecule has 1 unspecified atom stereocenters. The molecule has 0 radical (unpaired) electrons. The van der Waals surface area contributed by atoms with Crippen molar-refractivity contribution in [2.24, 2.45) is 14.1 Å². The minimum Gasteiger partial charge on any atom is -0.308 e. The molecule has 1 N–H and O–H groups in total. The Hall–Kier alpha value is -1.21. The highest BCUT2D eigenvalue weighted by atomic mass is 79.9. The van der Waals surface area contributed by atoms with Crippen molar-refractivity contribution in [3.63, 3.8) is 0 Å². The van der Waals surface area contributed by atoms with Crippen LogP contribution in [0.25, 0.3) is 0 Å². The van der Waals surface area contributed by atoms with E-state index >= 15 is 0 Å². The molecule has 2 aromatic heterocycles. The maximum absolute atomic E-state index is 4.27. The lowest BCUT2D eigenvalue weighted by atomic mass is 10.1. The summed E-state index contributed by atoms with van der Waals surface area (Å²) >= 11 is 3.43. The van der Waals surface area contributed by atoms with Gasteiger partial charge in [0.1, 0.15) is 0 Å². The van der Waals surface area contributed by atoms with E-state index in [2.05, 4.69) is 36.7 Å². The smallest absolute Gasteiger partial charge is 0.153 e. The van der Waals surface area contributed by atoms with Crippen LogP contribution in [-0.2, 0) is 14.1 Å². The van der Waals surface area contributed by atoms with E-state index in [0.717, 1.165) is 21.6 Å². The molecule has 0 saturated carbocycles. The van der Waals surface area contributed by atoms with Gasteiger partial charge in [0, 0.05) is 25.4 Å². The lowest BCUT2D eigenvalue weighted by molar-refractivity contribution is 0.593. The summed E-state index contributed by atoms with van der Waals surface area (Å²) in [6.45, 7) is 2.05. The maximum atomic E-state index is 4.27. The Kier molecular flexibility index (Phi) is 3.30. The largest absolute Gasteiger partial charge is 0.308 e. The second-order valence-corrected chi connectivity index (χ2v) is 4.67. The maximum Gasteiger partial charge on any atom is 0.153 e. The molecular formula is C10H15BrN6. The number of hydrogen-bond donors (Lipinski definition) is 1. The highest BCUT2D eigenvalue weighted by molar-refractivity contribution is 9.10. The summed E-state index contributed by atoms with van der Waals surface area (Å²) in [6, 6.07) is 0.0260. The van der Waals surface area contributed by atoms with Gasteiger partial charge in [-0.25, -0.2) is 4.68 Å². The fourth-order valence-electron chi connectivity index (χ4n) is 1.88. The van der Waals surface area contributed by atoms with Gasteiger partial charge in [0.05, 0.1) is 17.9 Å². The Morgan fingerprint density at radius 2 is 2.06 bits per heavy atom. The molecule has 0 amide bonds.